The van der Waals surface area contributed by atoms with Crippen LogP contribution in [0.2, 0.25) is 0 Å². The van der Waals surface area contributed by atoms with Crippen LogP contribution >= 0.6 is 15.9 Å². The highest BCUT2D eigenvalue weighted by atomic mass is 79.9. The first-order valence-corrected chi connectivity index (χ1v) is 7.40. The van der Waals surface area contributed by atoms with Crippen molar-refractivity contribution in [1.82, 2.24) is 4.98 Å². The molecule has 0 radical (unpaired) electrons. The molecule has 2 atom stereocenters. The summed E-state index contributed by atoms with van der Waals surface area (Å²) in [4.78, 5) is 18.8. The first kappa shape index (κ1) is 12.9. The molecule has 19 heavy (non-hydrogen) atoms. The molecule has 1 aromatic rings. The van der Waals surface area contributed by atoms with Gasteiger partial charge >= 0.3 is 5.97 Å². The second kappa shape index (κ2) is 4.78. The Morgan fingerprint density at radius 3 is 3.11 bits per heavy atom. The van der Waals surface area contributed by atoms with Gasteiger partial charge in [0.15, 0.2) is 0 Å². The summed E-state index contributed by atoms with van der Waals surface area (Å²) in [7, 11) is 1.49. The summed E-state index contributed by atoms with van der Waals surface area (Å²) in [5.74, 6) is 1.31. The Labute approximate surface area is 121 Å². The quantitative estimate of drug-likeness (QED) is 0.784. The second-order valence-electron chi connectivity index (χ2n) is 5.45. The molecule has 1 aliphatic heterocycles. The van der Waals surface area contributed by atoms with E-state index < -0.39 is 0 Å². The van der Waals surface area contributed by atoms with Crippen molar-refractivity contribution in [2.45, 2.75) is 19.3 Å². The maximum absolute atomic E-state index is 12.2. The van der Waals surface area contributed by atoms with Gasteiger partial charge in [-0.3, -0.25) is 4.79 Å². The van der Waals surface area contributed by atoms with Gasteiger partial charge in [0.2, 0.25) is 0 Å². The van der Waals surface area contributed by atoms with Crippen molar-refractivity contribution in [2.24, 2.45) is 11.3 Å². The lowest BCUT2D eigenvalue weighted by Gasteiger charge is -2.25. The van der Waals surface area contributed by atoms with Crippen molar-refractivity contribution in [3.8, 4) is 0 Å². The van der Waals surface area contributed by atoms with E-state index in [0.717, 1.165) is 42.6 Å². The van der Waals surface area contributed by atoms with Crippen molar-refractivity contribution >= 4 is 27.7 Å². The molecule has 102 valence electrons. The average molecular weight is 325 g/mol. The van der Waals surface area contributed by atoms with Crippen LogP contribution in [0.5, 0.6) is 0 Å². The monoisotopic (exact) mass is 324 g/mol. The Morgan fingerprint density at radius 2 is 2.42 bits per heavy atom. The summed E-state index contributed by atoms with van der Waals surface area (Å²) >= 11 is 3.39. The van der Waals surface area contributed by atoms with Crippen molar-refractivity contribution in [3.63, 3.8) is 0 Å². The van der Waals surface area contributed by atoms with Crippen molar-refractivity contribution < 1.29 is 9.53 Å². The number of rotatable bonds is 2. The third-order valence-corrected chi connectivity index (χ3v) is 4.97. The topological polar surface area (TPSA) is 42.4 Å². The molecule has 2 heterocycles. The van der Waals surface area contributed by atoms with Crippen molar-refractivity contribution in [1.29, 1.82) is 0 Å². The predicted octanol–water partition coefficient (Wildman–Crippen LogP) is 2.62. The first-order chi connectivity index (χ1) is 9.15. The minimum absolute atomic E-state index is 0.0467. The van der Waals surface area contributed by atoms with Crippen LogP contribution < -0.4 is 4.90 Å². The maximum atomic E-state index is 12.2. The Morgan fingerprint density at radius 1 is 1.58 bits per heavy atom. The standard InChI is InChI=1S/C14H17BrN2O2/c1-19-13(18)14-6-2-3-10(14)8-17(9-14)12-5-4-11(15)7-16-12/h4-5,7,10H,2-3,6,8-9H2,1H3. The number of aromatic nitrogens is 1. The highest BCUT2D eigenvalue weighted by Crippen LogP contribution is 2.50. The number of anilines is 1. The molecule has 1 saturated heterocycles. The molecule has 3 rings (SSSR count). The number of pyridine rings is 1. The van der Waals surface area contributed by atoms with Gasteiger partial charge in [0.25, 0.3) is 0 Å². The van der Waals surface area contributed by atoms with Gasteiger partial charge in [0.1, 0.15) is 5.82 Å². The molecule has 0 bridgehead atoms. The van der Waals surface area contributed by atoms with Crippen LogP contribution in [0, 0.1) is 11.3 Å². The number of methoxy groups -OCH3 is 1. The van der Waals surface area contributed by atoms with Gasteiger partial charge < -0.3 is 9.64 Å². The fourth-order valence-corrected chi connectivity index (χ4v) is 3.79. The molecule has 0 aromatic carbocycles. The molecular formula is C14H17BrN2O2. The zero-order valence-electron chi connectivity index (χ0n) is 10.9. The Kier molecular flexibility index (Phi) is 3.25. The van der Waals surface area contributed by atoms with Crippen LogP contribution in [-0.2, 0) is 9.53 Å². The summed E-state index contributed by atoms with van der Waals surface area (Å²) in [6, 6.07) is 3.98. The maximum Gasteiger partial charge on any atom is 0.313 e. The molecule has 2 aliphatic rings. The molecule has 2 unspecified atom stereocenters. The molecule has 1 aromatic heterocycles. The third-order valence-electron chi connectivity index (χ3n) is 4.50. The molecule has 0 N–H and O–H groups in total. The van der Waals surface area contributed by atoms with E-state index in [2.05, 4.69) is 25.8 Å². The second-order valence-corrected chi connectivity index (χ2v) is 6.37. The molecular weight excluding hydrogens is 308 g/mol. The minimum Gasteiger partial charge on any atom is -0.469 e. The van der Waals surface area contributed by atoms with Gasteiger partial charge in [-0.2, -0.15) is 0 Å². The van der Waals surface area contributed by atoms with Crippen molar-refractivity contribution in [3.05, 3.63) is 22.8 Å². The summed E-state index contributed by atoms with van der Waals surface area (Å²) in [5.41, 5.74) is -0.302. The van der Waals surface area contributed by atoms with E-state index in [-0.39, 0.29) is 11.4 Å². The molecule has 0 spiro atoms. The van der Waals surface area contributed by atoms with E-state index >= 15 is 0 Å². The number of fused-ring (bicyclic) bond motifs is 1. The van der Waals surface area contributed by atoms with Crippen LogP contribution in [-0.4, -0.2) is 31.2 Å². The molecule has 1 saturated carbocycles. The smallest absolute Gasteiger partial charge is 0.313 e. The zero-order valence-corrected chi connectivity index (χ0v) is 12.5. The first-order valence-electron chi connectivity index (χ1n) is 6.60. The number of ether oxygens (including phenoxy) is 1. The van der Waals surface area contributed by atoms with E-state index in [9.17, 15) is 4.79 Å². The highest BCUT2D eigenvalue weighted by molar-refractivity contribution is 9.10. The minimum atomic E-state index is -0.302. The lowest BCUT2D eigenvalue weighted by molar-refractivity contribution is -0.152. The van der Waals surface area contributed by atoms with Gasteiger partial charge in [-0.05, 0) is 46.8 Å². The Hall–Kier alpha value is -1.10. The van der Waals surface area contributed by atoms with Gasteiger partial charge in [0.05, 0.1) is 12.5 Å². The number of halogens is 1. The van der Waals surface area contributed by atoms with Crippen LogP contribution in [0.1, 0.15) is 19.3 Å². The van der Waals surface area contributed by atoms with Gasteiger partial charge in [-0.1, -0.05) is 6.42 Å². The average Bonchev–Trinajstić information content (AvgIpc) is 2.96. The number of nitrogens with zero attached hydrogens (tertiary/aromatic N) is 2. The number of carbonyl (C=O) groups is 1. The Bertz CT molecular complexity index is 491. The Balaban J connectivity index is 1.85. The van der Waals surface area contributed by atoms with Crippen LogP contribution in [0.15, 0.2) is 22.8 Å². The van der Waals surface area contributed by atoms with Crippen LogP contribution in [0.3, 0.4) is 0 Å². The number of hydrogen-bond donors (Lipinski definition) is 0. The fraction of sp³-hybridized carbons (Fsp3) is 0.571. The molecule has 1 aliphatic carbocycles. The van der Waals surface area contributed by atoms with E-state index in [0.29, 0.717) is 5.92 Å². The summed E-state index contributed by atoms with van der Waals surface area (Å²) in [5, 5.41) is 0. The molecule has 5 heteroatoms. The molecule has 4 nitrogen and oxygen atoms in total. The predicted molar refractivity (Wildman–Crippen MR) is 75.9 cm³/mol. The summed E-state index contributed by atoms with van der Waals surface area (Å²) in [6.07, 6.45) is 4.98. The molecule has 2 fully saturated rings. The van der Waals surface area contributed by atoms with Crippen LogP contribution in [0.25, 0.3) is 0 Å². The summed E-state index contributed by atoms with van der Waals surface area (Å²) in [6.45, 7) is 1.64. The fourth-order valence-electron chi connectivity index (χ4n) is 3.56. The van der Waals surface area contributed by atoms with E-state index in [1.807, 2.05) is 12.1 Å². The summed E-state index contributed by atoms with van der Waals surface area (Å²) < 4.78 is 6.02. The highest BCUT2D eigenvalue weighted by Gasteiger charge is 2.55. The van der Waals surface area contributed by atoms with Crippen molar-refractivity contribution in [2.75, 3.05) is 25.1 Å². The largest absolute Gasteiger partial charge is 0.469 e. The lowest BCUT2D eigenvalue weighted by Crippen LogP contribution is -2.37. The van der Waals surface area contributed by atoms with Gasteiger partial charge in [0, 0.05) is 23.8 Å². The number of hydrogen-bond acceptors (Lipinski definition) is 4. The van der Waals surface area contributed by atoms with Gasteiger partial charge in [-0.25, -0.2) is 4.98 Å². The number of esters is 1. The normalized spacial score (nSPS) is 29.4. The van der Waals surface area contributed by atoms with Crippen LogP contribution in [0.4, 0.5) is 5.82 Å². The third kappa shape index (κ3) is 2.04. The van der Waals surface area contributed by atoms with E-state index in [1.165, 1.54) is 7.11 Å². The van der Waals surface area contributed by atoms with E-state index in [4.69, 9.17) is 4.74 Å². The lowest BCUT2D eigenvalue weighted by atomic mass is 9.81. The van der Waals surface area contributed by atoms with E-state index in [1.54, 1.807) is 6.20 Å². The zero-order chi connectivity index (χ0) is 13.5. The SMILES string of the molecule is COC(=O)C12CCCC1CN(c1ccc(Br)cn1)C2. The molecule has 0 amide bonds. The van der Waals surface area contributed by atoms with Gasteiger partial charge in [-0.15, -0.1) is 0 Å². The number of carbonyl (C=O) groups excluding carboxylic acids is 1.